The van der Waals surface area contributed by atoms with Crippen LogP contribution in [0.2, 0.25) is 0 Å². The van der Waals surface area contributed by atoms with Gasteiger partial charge in [0.05, 0.1) is 30.6 Å². The summed E-state index contributed by atoms with van der Waals surface area (Å²) in [5.41, 5.74) is 1.05. The van der Waals surface area contributed by atoms with Gasteiger partial charge in [0.15, 0.2) is 0 Å². The Bertz CT molecular complexity index is 1620. The number of rotatable bonds is 4. The summed E-state index contributed by atoms with van der Waals surface area (Å²) in [6.45, 7) is 21.8. The molecule has 0 bridgehead atoms. The highest BCUT2D eigenvalue weighted by molar-refractivity contribution is 5.69. The van der Waals surface area contributed by atoms with Gasteiger partial charge < -0.3 is 28.8 Å². The van der Waals surface area contributed by atoms with Crippen LogP contribution in [0, 0.1) is 63.6 Å². The Balaban J connectivity index is 0.931. The van der Waals surface area contributed by atoms with Crippen LogP contribution in [-0.4, -0.2) is 86.8 Å². The fourth-order valence-electron chi connectivity index (χ4n) is 14.8. The van der Waals surface area contributed by atoms with Gasteiger partial charge in [-0.1, -0.05) is 48.5 Å². The van der Waals surface area contributed by atoms with Gasteiger partial charge in [-0.15, -0.1) is 0 Å². The van der Waals surface area contributed by atoms with Gasteiger partial charge in [-0.05, 0) is 111 Å². The molecule has 2 amide bonds. The lowest BCUT2D eigenvalue weighted by atomic mass is 9.41. The van der Waals surface area contributed by atoms with Crippen LogP contribution >= 0.6 is 0 Å². The first-order chi connectivity index (χ1) is 24.6. The van der Waals surface area contributed by atoms with E-state index >= 15 is 0 Å². The van der Waals surface area contributed by atoms with Gasteiger partial charge >= 0.3 is 12.2 Å². The van der Waals surface area contributed by atoms with Crippen molar-refractivity contribution in [3.63, 3.8) is 0 Å². The number of nitrogens with zero attached hydrogens (tertiary/aromatic N) is 4. The molecular weight excluding hydrogens is 656 g/mol. The lowest BCUT2D eigenvalue weighted by Gasteiger charge is -2.63. The number of aliphatic hydroxyl groups is 1. The minimum absolute atomic E-state index is 0.0282. The molecule has 10 nitrogen and oxygen atoms in total. The van der Waals surface area contributed by atoms with Crippen molar-refractivity contribution in [2.75, 3.05) is 19.6 Å². The number of ether oxygens (including phenoxy) is 3. The van der Waals surface area contributed by atoms with Crippen LogP contribution in [0.4, 0.5) is 9.59 Å². The summed E-state index contributed by atoms with van der Waals surface area (Å²) in [6.07, 6.45) is 9.88. The van der Waals surface area contributed by atoms with E-state index in [0.29, 0.717) is 30.8 Å². The SMILES string of the molecule is Cc1cn2c(n1)CN(C(=O)O[C@H]1CC[C@]34C[C@]35CC[C@]3(C)[C@@H]6[C@H](O[C@@H]([C@H](OC(=O)N7CCC7)C(C)C)C[C@H]6C)[C@H](O)[C@@]3(C)[C@@H]5CC[C@H]4C1(C)C)CC2. The first kappa shape index (κ1) is 35.4. The lowest BCUT2D eigenvalue weighted by Crippen LogP contribution is -2.60. The molecule has 3 aliphatic heterocycles. The first-order valence-electron chi connectivity index (χ1n) is 20.8. The van der Waals surface area contributed by atoms with E-state index in [-0.39, 0.29) is 75.5 Å². The number of carbonyl (C=O) groups is 2. The molecule has 2 spiro atoms. The van der Waals surface area contributed by atoms with Crippen molar-refractivity contribution in [3.05, 3.63) is 17.7 Å². The zero-order valence-electron chi connectivity index (χ0n) is 33.0. The van der Waals surface area contributed by atoms with Crippen molar-refractivity contribution in [3.8, 4) is 0 Å². The molecule has 1 aromatic rings. The fourth-order valence-corrected chi connectivity index (χ4v) is 14.8. The molecule has 2 saturated heterocycles. The van der Waals surface area contributed by atoms with E-state index in [1.807, 2.05) is 11.8 Å². The molecule has 4 heterocycles. The van der Waals surface area contributed by atoms with E-state index in [4.69, 9.17) is 14.2 Å². The van der Waals surface area contributed by atoms with Gasteiger partial charge in [-0.3, -0.25) is 4.90 Å². The van der Waals surface area contributed by atoms with Crippen molar-refractivity contribution in [1.29, 1.82) is 0 Å². The molecule has 0 aromatic carbocycles. The van der Waals surface area contributed by atoms with Crippen LogP contribution in [0.5, 0.6) is 0 Å². The maximum absolute atomic E-state index is 13.6. The Kier molecular flexibility index (Phi) is 7.89. The molecule has 0 radical (unpaired) electrons. The number of likely N-dealkylation sites (tertiary alicyclic amines) is 1. The first-order valence-corrected chi connectivity index (χ1v) is 20.8. The standard InChI is InChI=1S/C42H64N4O6/c1-24(2)33(52-36(48)44-16-9-17-44)27-20-25(3)32-34(50-27)35(47)40(8)29-11-10-28-38(5,6)30(12-13-41(28)23-42(29,41)15-14-39(32,40)7)51-37(49)46-19-18-45-21-26(4)43-31(45)22-46/h21,24-25,27-30,32-35,47H,9-20,22-23H2,1-8H3/t25-,27-,28+,29+,30+,32+,33-,34+,35+,39-,40-,41-,42+/m1/s1. The highest BCUT2D eigenvalue weighted by atomic mass is 16.6. The number of imidazole rings is 1. The number of amides is 2. The summed E-state index contributed by atoms with van der Waals surface area (Å²) in [6, 6.07) is 0. The number of hydrogen-bond acceptors (Lipinski definition) is 7. The number of hydrogen-bond donors (Lipinski definition) is 1. The topological polar surface area (TPSA) is 106 Å². The Morgan fingerprint density at radius 2 is 1.69 bits per heavy atom. The fraction of sp³-hybridized carbons (Fsp3) is 0.881. The molecule has 1 N–H and O–H groups in total. The van der Waals surface area contributed by atoms with Crippen molar-refractivity contribution in [1.82, 2.24) is 19.4 Å². The molecule has 5 saturated carbocycles. The van der Waals surface area contributed by atoms with Gasteiger partial charge in [-0.25, -0.2) is 14.6 Å². The normalized spacial score (nSPS) is 46.0. The van der Waals surface area contributed by atoms with Gasteiger partial charge in [0, 0.05) is 43.2 Å². The summed E-state index contributed by atoms with van der Waals surface area (Å²) in [5, 5.41) is 12.7. The minimum Gasteiger partial charge on any atom is -0.446 e. The summed E-state index contributed by atoms with van der Waals surface area (Å²) in [7, 11) is 0. The summed E-state index contributed by atoms with van der Waals surface area (Å²) >= 11 is 0. The van der Waals surface area contributed by atoms with Crippen LogP contribution in [0.1, 0.15) is 118 Å². The second kappa shape index (κ2) is 11.6. The van der Waals surface area contributed by atoms with Gasteiger partial charge in [-0.2, -0.15) is 0 Å². The molecular formula is C42H64N4O6. The third-order valence-electron chi connectivity index (χ3n) is 17.6. The molecule has 9 rings (SSSR count). The molecule has 52 heavy (non-hydrogen) atoms. The molecule has 10 heteroatoms. The van der Waals surface area contributed by atoms with Crippen LogP contribution in [0.3, 0.4) is 0 Å². The van der Waals surface area contributed by atoms with Crippen molar-refractivity contribution >= 4 is 12.2 Å². The number of fused-ring (bicyclic) bond motifs is 5. The average molecular weight is 721 g/mol. The highest BCUT2D eigenvalue weighted by Crippen LogP contribution is 2.89. The quantitative estimate of drug-likeness (QED) is 0.351. The van der Waals surface area contributed by atoms with Gasteiger partial charge in [0.25, 0.3) is 0 Å². The maximum Gasteiger partial charge on any atom is 0.410 e. The van der Waals surface area contributed by atoms with Crippen LogP contribution in [-0.2, 0) is 27.3 Å². The van der Waals surface area contributed by atoms with Crippen molar-refractivity contribution in [2.24, 2.45) is 56.7 Å². The van der Waals surface area contributed by atoms with Gasteiger partial charge in [0.1, 0.15) is 18.0 Å². The molecule has 1 aromatic heterocycles. The van der Waals surface area contributed by atoms with E-state index in [0.717, 1.165) is 76.1 Å². The number of aromatic nitrogens is 2. The largest absolute Gasteiger partial charge is 0.446 e. The summed E-state index contributed by atoms with van der Waals surface area (Å²) in [5.74, 6) is 2.63. The van der Waals surface area contributed by atoms with E-state index < -0.39 is 6.10 Å². The Morgan fingerprint density at radius 3 is 2.40 bits per heavy atom. The smallest absolute Gasteiger partial charge is 0.410 e. The molecule has 13 atom stereocenters. The average Bonchev–Trinajstić information content (AvgIpc) is 3.51. The highest BCUT2D eigenvalue weighted by Gasteiger charge is 2.84. The Morgan fingerprint density at radius 1 is 0.962 bits per heavy atom. The number of carbonyl (C=O) groups excluding carboxylic acids is 2. The zero-order valence-corrected chi connectivity index (χ0v) is 33.0. The molecule has 8 aliphatic rings. The molecule has 7 fully saturated rings. The van der Waals surface area contributed by atoms with E-state index in [9.17, 15) is 14.7 Å². The molecule has 0 unspecified atom stereocenters. The van der Waals surface area contributed by atoms with Gasteiger partial charge in [0.2, 0.25) is 0 Å². The third kappa shape index (κ3) is 4.57. The van der Waals surface area contributed by atoms with E-state index in [2.05, 4.69) is 64.2 Å². The third-order valence-corrected chi connectivity index (χ3v) is 17.6. The number of aliphatic hydroxyl groups excluding tert-OH is 1. The van der Waals surface area contributed by atoms with E-state index in [1.54, 1.807) is 4.90 Å². The predicted octanol–water partition coefficient (Wildman–Crippen LogP) is 7.19. The molecule has 5 aliphatic carbocycles. The van der Waals surface area contributed by atoms with Crippen LogP contribution in [0.25, 0.3) is 0 Å². The van der Waals surface area contributed by atoms with Crippen molar-refractivity contribution in [2.45, 2.75) is 157 Å². The number of aryl methyl sites for hydroxylation is 1. The van der Waals surface area contributed by atoms with Crippen molar-refractivity contribution < 1.29 is 28.9 Å². The summed E-state index contributed by atoms with van der Waals surface area (Å²) in [4.78, 5) is 34.9. The molecule has 288 valence electrons. The zero-order chi connectivity index (χ0) is 36.7. The second-order valence-electron chi connectivity index (χ2n) is 20.3. The second-order valence-corrected chi connectivity index (χ2v) is 20.3. The monoisotopic (exact) mass is 720 g/mol. The summed E-state index contributed by atoms with van der Waals surface area (Å²) < 4.78 is 21.8. The minimum atomic E-state index is -0.558. The lowest BCUT2D eigenvalue weighted by molar-refractivity contribution is -0.185. The predicted molar refractivity (Wildman–Crippen MR) is 195 cm³/mol. The Hall–Kier alpha value is -2.33. The van der Waals surface area contributed by atoms with Crippen LogP contribution < -0.4 is 0 Å². The maximum atomic E-state index is 13.6. The van der Waals surface area contributed by atoms with Crippen LogP contribution in [0.15, 0.2) is 6.20 Å². The van der Waals surface area contributed by atoms with E-state index in [1.165, 1.54) is 12.8 Å². The Labute approximate surface area is 310 Å².